The van der Waals surface area contributed by atoms with E-state index in [0.717, 1.165) is 49.6 Å². The zero-order valence-corrected chi connectivity index (χ0v) is 17.8. The predicted molar refractivity (Wildman–Crippen MR) is 111 cm³/mol. The molecular formula is C20H37N7O. The molecule has 1 fully saturated rings. The molecule has 1 aromatic heterocycles. The maximum atomic E-state index is 5.14. The largest absolute Gasteiger partial charge is 0.377 e. The number of fused-ring (bicyclic) bond motifs is 1. The second-order valence-electron chi connectivity index (χ2n) is 8.03. The molecule has 158 valence electrons. The van der Waals surface area contributed by atoms with Crippen LogP contribution < -0.4 is 10.6 Å². The lowest BCUT2D eigenvalue weighted by atomic mass is 10.0. The summed E-state index contributed by atoms with van der Waals surface area (Å²) in [7, 11) is 3.51. The molecule has 2 aliphatic rings. The van der Waals surface area contributed by atoms with E-state index in [1.807, 2.05) is 11.7 Å². The first-order valence-corrected chi connectivity index (χ1v) is 10.8. The van der Waals surface area contributed by atoms with Gasteiger partial charge >= 0.3 is 0 Å². The number of unbranched alkanes of at least 4 members (excludes halogenated alkanes) is 1. The Labute approximate surface area is 169 Å². The standard InChI is InChI=1S/C20H37N7O/c1-16-8-4-6-12-26(16)13-7-5-11-22-20(21-2)23-17-9-10-19-24-18(15-28-3)25-27(19)14-17/h16-17H,4-15H2,1-3H3,(H2,21,22,23). The van der Waals surface area contributed by atoms with Crippen molar-refractivity contribution in [2.75, 3.05) is 33.8 Å². The van der Waals surface area contributed by atoms with Gasteiger partial charge in [-0.05, 0) is 52.1 Å². The van der Waals surface area contributed by atoms with Crippen molar-refractivity contribution >= 4 is 5.96 Å². The summed E-state index contributed by atoms with van der Waals surface area (Å²) in [6.45, 7) is 7.11. The number of piperidine rings is 1. The second kappa shape index (κ2) is 10.8. The first-order valence-electron chi connectivity index (χ1n) is 10.8. The fourth-order valence-electron chi connectivity index (χ4n) is 4.19. The fraction of sp³-hybridized carbons (Fsp3) is 0.850. The third-order valence-corrected chi connectivity index (χ3v) is 5.84. The van der Waals surface area contributed by atoms with E-state index in [4.69, 9.17) is 4.74 Å². The highest BCUT2D eigenvalue weighted by Gasteiger charge is 2.22. The molecule has 0 aliphatic carbocycles. The van der Waals surface area contributed by atoms with Crippen LogP contribution in [0.25, 0.3) is 0 Å². The van der Waals surface area contributed by atoms with Crippen LogP contribution in [0.4, 0.5) is 0 Å². The number of aryl methyl sites for hydroxylation is 1. The second-order valence-corrected chi connectivity index (χ2v) is 8.03. The number of nitrogens with one attached hydrogen (secondary N) is 2. The Morgan fingerprint density at radius 3 is 2.96 bits per heavy atom. The van der Waals surface area contributed by atoms with Gasteiger partial charge in [0.2, 0.25) is 0 Å². The maximum Gasteiger partial charge on any atom is 0.191 e. The van der Waals surface area contributed by atoms with Gasteiger partial charge in [-0.1, -0.05) is 6.42 Å². The Kier molecular flexibility index (Phi) is 8.09. The molecule has 1 saturated heterocycles. The number of hydrogen-bond donors (Lipinski definition) is 2. The fourth-order valence-corrected chi connectivity index (χ4v) is 4.19. The molecule has 0 radical (unpaired) electrons. The van der Waals surface area contributed by atoms with Gasteiger partial charge in [0.05, 0.1) is 6.54 Å². The molecule has 8 heteroatoms. The molecule has 2 aliphatic heterocycles. The predicted octanol–water partition coefficient (Wildman–Crippen LogP) is 1.56. The summed E-state index contributed by atoms with van der Waals surface area (Å²) in [6, 6.07) is 1.08. The van der Waals surface area contributed by atoms with Gasteiger partial charge < -0.3 is 20.3 Å². The molecule has 0 amide bonds. The van der Waals surface area contributed by atoms with E-state index in [1.54, 1.807) is 7.11 Å². The van der Waals surface area contributed by atoms with Crippen molar-refractivity contribution in [3.05, 3.63) is 11.6 Å². The summed E-state index contributed by atoms with van der Waals surface area (Å²) in [6.07, 6.45) is 8.49. The van der Waals surface area contributed by atoms with E-state index < -0.39 is 0 Å². The molecule has 28 heavy (non-hydrogen) atoms. The number of aromatic nitrogens is 3. The van der Waals surface area contributed by atoms with Gasteiger partial charge in [-0.25, -0.2) is 9.67 Å². The van der Waals surface area contributed by atoms with Gasteiger partial charge in [-0.2, -0.15) is 5.10 Å². The van der Waals surface area contributed by atoms with Crippen molar-refractivity contribution in [1.29, 1.82) is 0 Å². The molecule has 2 N–H and O–H groups in total. The van der Waals surface area contributed by atoms with Gasteiger partial charge in [0.1, 0.15) is 12.4 Å². The smallest absolute Gasteiger partial charge is 0.191 e. The molecule has 2 unspecified atom stereocenters. The van der Waals surface area contributed by atoms with E-state index in [1.165, 1.54) is 45.2 Å². The molecule has 0 saturated carbocycles. The minimum atomic E-state index is 0.324. The van der Waals surface area contributed by atoms with Crippen LogP contribution in [0.5, 0.6) is 0 Å². The molecule has 3 heterocycles. The lowest BCUT2D eigenvalue weighted by Crippen LogP contribution is -2.47. The van der Waals surface area contributed by atoms with Crippen molar-refractivity contribution < 1.29 is 4.74 Å². The van der Waals surface area contributed by atoms with E-state index >= 15 is 0 Å². The number of methoxy groups -OCH3 is 1. The van der Waals surface area contributed by atoms with E-state index in [9.17, 15) is 0 Å². The first-order chi connectivity index (χ1) is 13.7. The number of rotatable bonds is 8. The average molecular weight is 392 g/mol. The third kappa shape index (κ3) is 5.91. The average Bonchev–Trinajstić information content (AvgIpc) is 3.10. The summed E-state index contributed by atoms with van der Waals surface area (Å²) in [5, 5.41) is 11.6. The van der Waals surface area contributed by atoms with Crippen LogP contribution in [-0.4, -0.2) is 71.5 Å². The van der Waals surface area contributed by atoms with Gasteiger partial charge in [0, 0.05) is 39.2 Å². The zero-order chi connectivity index (χ0) is 19.8. The van der Waals surface area contributed by atoms with Crippen LogP contribution in [0.1, 0.15) is 57.1 Å². The molecule has 0 bridgehead atoms. The van der Waals surface area contributed by atoms with E-state index in [0.29, 0.717) is 12.6 Å². The van der Waals surface area contributed by atoms with Crippen molar-refractivity contribution in [2.45, 2.75) is 77.1 Å². The number of likely N-dealkylation sites (tertiary alicyclic amines) is 1. The Morgan fingerprint density at radius 1 is 1.29 bits per heavy atom. The van der Waals surface area contributed by atoms with Crippen LogP contribution >= 0.6 is 0 Å². The molecule has 0 aromatic carbocycles. The monoisotopic (exact) mass is 391 g/mol. The SMILES string of the molecule is CN=C(NCCCCN1CCCCC1C)NC1CCc2nc(COC)nn2C1. The summed E-state index contributed by atoms with van der Waals surface area (Å²) in [5.74, 6) is 2.71. The quantitative estimate of drug-likeness (QED) is 0.398. The normalized spacial score (nSPS) is 23.5. The summed E-state index contributed by atoms with van der Waals surface area (Å²) in [4.78, 5) is 11.6. The van der Waals surface area contributed by atoms with Crippen LogP contribution in [0.2, 0.25) is 0 Å². The third-order valence-electron chi connectivity index (χ3n) is 5.84. The Balaban J connectivity index is 1.35. The number of guanidine groups is 1. The van der Waals surface area contributed by atoms with Crippen LogP contribution in [0, 0.1) is 0 Å². The van der Waals surface area contributed by atoms with Crippen molar-refractivity contribution in [1.82, 2.24) is 30.3 Å². The minimum absolute atomic E-state index is 0.324. The summed E-state index contributed by atoms with van der Waals surface area (Å²) < 4.78 is 7.14. The summed E-state index contributed by atoms with van der Waals surface area (Å²) in [5.41, 5.74) is 0. The van der Waals surface area contributed by atoms with Gasteiger partial charge in [-0.3, -0.25) is 4.99 Å². The van der Waals surface area contributed by atoms with Crippen LogP contribution in [0.3, 0.4) is 0 Å². The summed E-state index contributed by atoms with van der Waals surface area (Å²) >= 11 is 0. The lowest BCUT2D eigenvalue weighted by Gasteiger charge is -2.33. The zero-order valence-electron chi connectivity index (χ0n) is 17.8. The molecule has 1 aromatic rings. The number of ether oxygens (including phenoxy) is 1. The first kappa shape index (κ1) is 21.0. The highest BCUT2D eigenvalue weighted by atomic mass is 16.5. The molecule has 8 nitrogen and oxygen atoms in total. The van der Waals surface area contributed by atoms with Crippen molar-refractivity contribution in [3.8, 4) is 0 Å². The molecule has 3 rings (SSSR count). The molecule has 2 atom stereocenters. The van der Waals surface area contributed by atoms with Crippen molar-refractivity contribution in [3.63, 3.8) is 0 Å². The number of nitrogens with zero attached hydrogens (tertiary/aromatic N) is 5. The topological polar surface area (TPSA) is 79.6 Å². The maximum absolute atomic E-state index is 5.14. The van der Waals surface area contributed by atoms with Gasteiger partial charge in [0.15, 0.2) is 11.8 Å². The minimum Gasteiger partial charge on any atom is -0.377 e. The van der Waals surface area contributed by atoms with Crippen molar-refractivity contribution in [2.24, 2.45) is 4.99 Å². The highest BCUT2D eigenvalue weighted by molar-refractivity contribution is 5.79. The lowest BCUT2D eigenvalue weighted by molar-refractivity contribution is 0.158. The Morgan fingerprint density at radius 2 is 2.18 bits per heavy atom. The van der Waals surface area contributed by atoms with Gasteiger partial charge in [-0.15, -0.1) is 0 Å². The Bertz CT molecular complexity index is 630. The van der Waals surface area contributed by atoms with E-state index in [2.05, 4.69) is 37.5 Å². The van der Waals surface area contributed by atoms with Gasteiger partial charge in [0.25, 0.3) is 0 Å². The number of hydrogen-bond acceptors (Lipinski definition) is 5. The molecular weight excluding hydrogens is 354 g/mol. The Hall–Kier alpha value is -1.67. The van der Waals surface area contributed by atoms with Crippen LogP contribution in [-0.2, 0) is 24.3 Å². The van der Waals surface area contributed by atoms with E-state index in [-0.39, 0.29) is 0 Å². The van der Waals surface area contributed by atoms with Crippen LogP contribution in [0.15, 0.2) is 4.99 Å². The molecule has 0 spiro atoms. The number of aliphatic imine (C=N–C) groups is 1. The highest BCUT2D eigenvalue weighted by Crippen LogP contribution is 2.16.